The maximum atomic E-state index is 12.5. The van der Waals surface area contributed by atoms with Crippen LogP contribution in [0.25, 0.3) is 10.7 Å². The molecular weight excluding hydrogens is 382 g/mol. The lowest BCUT2D eigenvalue weighted by Crippen LogP contribution is -2.44. The van der Waals surface area contributed by atoms with Gasteiger partial charge in [-0.05, 0) is 37.1 Å². The molecule has 4 rings (SSSR count). The number of sulfonamides is 1. The largest absolute Gasteiger partial charge is 0.347 e. The van der Waals surface area contributed by atoms with Gasteiger partial charge in [0, 0.05) is 25.3 Å². The monoisotopic (exact) mass is 401 g/mol. The van der Waals surface area contributed by atoms with Crippen LogP contribution < -0.4 is 9.62 Å². The topological polar surface area (TPSA) is 88.1 Å². The van der Waals surface area contributed by atoms with E-state index >= 15 is 0 Å². The average Bonchev–Trinajstić information content (AvgIpc) is 3.20. The molecule has 0 spiro atoms. The predicted molar refractivity (Wildman–Crippen MR) is 105 cm³/mol. The zero-order valence-electron chi connectivity index (χ0n) is 14.5. The molecule has 1 aliphatic rings. The number of nitrogens with zero attached hydrogens (tertiary/aromatic N) is 4. The van der Waals surface area contributed by atoms with Crippen LogP contribution in [0.5, 0.6) is 0 Å². The van der Waals surface area contributed by atoms with Crippen molar-refractivity contribution in [3.8, 4) is 10.7 Å². The average molecular weight is 402 g/mol. The molecule has 1 aliphatic heterocycles. The molecule has 1 aromatic carbocycles. The molecule has 0 bridgehead atoms. The summed E-state index contributed by atoms with van der Waals surface area (Å²) in [5.74, 6) is 0. The summed E-state index contributed by atoms with van der Waals surface area (Å²) in [5.41, 5.74) is 0.812. The van der Waals surface area contributed by atoms with E-state index in [4.69, 9.17) is 0 Å². The van der Waals surface area contributed by atoms with Gasteiger partial charge in [0.25, 0.3) is 0 Å². The Morgan fingerprint density at radius 3 is 2.44 bits per heavy atom. The molecule has 0 atom stereocenters. The standard InChI is InChI=1S/C18H19N5O2S2/c24-27(25,15-6-2-1-3-7-15)22-14-9-12-23(13-10-14)18-21-20-17(26-18)16-8-4-5-11-19-16/h1-8,11,14,22H,9-10,12-13H2. The van der Waals surface area contributed by atoms with Crippen molar-refractivity contribution in [2.75, 3.05) is 18.0 Å². The predicted octanol–water partition coefficient (Wildman–Crippen LogP) is 2.55. The van der Waals surface area contributed by atoms with Gasteiger partial charge >= 0.3 is 0 Å². The number of hydrogen-bond acceptors (Lipinski definition) is 7. The Morgan fingerprint density at radius 2 is 1.74 bits per heavy atom. The maximum Gasteiger partial charge on any atom is 0.240 e. The SMILES string of the molecule is O=S(=O)(NC1CCN(c2nnc(-c3ccccn3)s2)CC1)c1ccccc1. The van der Waals surface area contributed by atoms with Gasteiger partial charge in [-0.25, -0.2) is 13.1 Å². The summed E-state index contributed by atoms with van der Waals surface area (Å²) in [5, 5.41) is 10.1. The summed E-state index contributed by atoms with van der Waals surface area (Å²) in [6.45, 7) is 1.47. The van der Waals surface area contributed by atoms with Crippen molar-refractivity contribution in [1.29, 1.82) is 0 Å². The minimum Gasteiger partial charge on any atom is -0.347 e. The van der Waals surface area contributed by atoms with Crippen molar-refractivity contribution < 1.29 is 8.42 Å². The van der Waals surface area contributed by atoms with E-state index in [0.717, 1.165) is 41.8 Å². The fraction of sp³-hybridized carbons (Fsp3) is 0.278. The van der Waals surface area contributed by atoms with Gasteiger partial charge in [-0.15, -0.1) is 10.2 Å². The number of benzene rings is 1. The number of piperidine rings is 1. The van der Waals surface area contributed by atoms with Crippen molar-refractivity contribution in [3.05, 3.63) is 54.7 Å². The molecule has 0 radical (unpaired) electrons. The number of nitrogens with one attached hydrogen (secondary N) is 1. The molecule has 7 nitrogen and oxygen atoms in total. The van der Waals surface area contributed by atoms with Gasteiger partial charge in [-0.2, -0.15) is 0 Å². The van der Waals surface area contributed by atoms with Crippen LogP contribution in [0.1, 0.15) is 12.8 Å². The molecule has 3 heterocycles. The molecule has 0 amide bonds. The van der Waals surface area contributed by atoms with Crippen molar-refractivity contribution >= 4 is 26.5 Å². The first kappa shape index (κ1) is 18.0. The summed E-state index contributed by atoms with van der Waals surface area (Å²) >= 11 is 1.51. The Hall–Kier alpha value is -2.36. The minimum absolute atomic E-state index is 0.0744. The second-order valence-electron chi connectivity index (χ2n) is 6.30. The Kier molecular flexibility index (Phi) is 5.15. The lowest BCUT2D eigenvalue weighted by molar-refractivity contribution is 0.459. The summed E-state index contributed by atoms with van der Waals surface area (Å²) in [7, 11) is -3.48. The normalized spacial score (nSPS) is 15.8. The Balaban J connectivity index is 1.38. The Bertz CT molecular complexity index is 985. The van der Waals surface area contributed by atoms with E-state index < -0.39 is 10.0 Å². The second kappa shape index (κ2) is 7.71. The first-order chi connectivity index (χ1) is 13.1. The number of anilines is 1. The van der Waals surface area contributed by atoms with Crippen LogP contribution in [0, 0.1) is 0 Å². The fourth-order valence-electron chi connectivity index (χ4n) is 3.01. The molecule has 2 aromatic heterocycles. The summed E-state index contributed by atoms with van der Waals surface area (Å²) < 4.78 is 27.7. The molecule has 1 saturated heterocycles. The highest BCUT2D eigenvalue weighted by Crippen LogP contribution is 2.29. The molecule has 27 heavy (non-hydrogen) atoms. The lowest BCUT2D eigenvalue weighted by Gasteiger charge is -2.31. The van der Waals surface area contributed by atoms with Crippen LogP contribution in [0.3, 0.4) is 0 Å². The van der Waals surface area contributed by atoms with Crippen LogP contribution in [0.15, 0.2) is 59.6 Å². The highest BCUT2D eigenvalue weighted by Gasteiger charge is 2.26. The first-order valence-electron chi connectivity index (χ1n) is 8.69. The van der Waals surface area contributed by atoms with Crippen molar-refractivity contribution in [1.82, 2.24) is 19.9 Å². The number of aromatic nitrogens is 3. The second-order valence-corrected chi connectivity index (χ2v) is 8.97. The maximum absolute atomic E-state index is 12.5. The van der Waals surface area contributed by atoms with Gasteiger partial charge in [0.15, 0.2) is 5.01 Å². The summed E-state index contributed by atoms with van der Waals surface area (Å²) in [6, 6.07) is 14.1. The van der Waals surface area contributed by atoms with Gasteiger partial charge in [0.05, 0.1) is 4.90 Å². The fourth-order valence-corrected chi connectivity index (χ4v) is 5.21. The Morgan fingerprint density at radius 1 is 1.00 bits per heavy atom. The molecule has 0 saturated carbocycles. The third-order valence-corrected chi connectivity index (χ3v) is 6.98. The molecule has 1 fully saturated rings. The lowest BCUT2D eigenvalue weighted by atomic mass is 10.1. The van der Waals surface area contributed by atoms with E-state index in [1.54, 1.807) is 36.5 Å². The van der Waals surface area contributed by atoms with Crippen molar-refractivity contribution in [2.24, 2.45) is 0 Å². The number of rotatable bonds is 5. The van der Waals surface area contributed by atoms with E-state index in [2.05, 4.69) is 24.8 Å². The highest BCUT2D eigenvalue weighted by atomic mass is 32.2. The molecule has 0 aliphatic carbocycles. The molecule has 9 heteroatoms. The zero-order valence-corrected chi connectivity index (χ0v) is 16.2. The first-order valence-corrected chi connectivity index (χ1v) is 11.0. The van der Waals surface area contributed by atoms with Gasteiger partial charge in [-0.3, -0.25) is 4.98 Å². The van der Waals surface area contributed by atoms with E-state index in [1.807, 2.05) is 18.2 Å². The van der Waals surface area contributed by atoms with E-state index in [9.17, 15) is 8.42 Å². The van der Waals surface area contributed by atoms with Crippen molar-refractivity contribution in [3.63, 3.8) is 0 Å². The molecule has 3 aromatic rings. The van der Waals surface area contributed by atoms with Crippen LogP contribution in [0.4, 0.5) is 5.13 Å². The molecule has 140 valence electrons. The van der Waals surface area contributed by atoms with E-state index in [1.165, 1.54) is 11.3 Å². The summed E-state index contributed by atoms with van der Waals surface area (Å²) in [6.07, 6.45) is 3.19. The van der Waals surface area contributed by atoms with Crippen molar-refractivity contribution in [2.45, 2.75) is 23.8 Å². The van der Waals surface area contributed by atoms with E-state index in [0.29, 0.717) is 4.90 Å². The third kappa shape index (κ3) is 4.15. The van der Waals surface area contributed by atoms with E-state index in [-0.39, 0.29) is 6.04 Å². The zero-order chi connectivity index (χ0) is 18.7. The smallest absolute Gasteiger partial charge is 0.240 e. The molecular formula is C18H19N5O2S2. The number of pyridine rings is 1. The van der Waals surface area contributed by atoms with Crippen LogP contribution in [-0.2, 0) is 10.0 Å². The quantitative estimate of drug-likeness (QED) is 0.707. The van der Waals surface area contributed by atoms with Crippen LogP contribution in [-0.4, -0.2) is 42.7 Å². The molecule has 0 unspecified atom stereocenters. The van der Waals surface area contributed by atoms with Gasteiger partial charge < -0.3 is 4.90 Å². The minimum atomic E-state index is -3.48. The Labute approximate surface area is 162 Å². The summed E-state index contributed by atoms with van der Waals surface area (Å²) in [4.78, 5) is 6.75. The van der Waals surface area contributed by atoms with Crippen LogP contribution >= 0.6 is 11.3 Å². The van der Waals surface area contributed by atoms with Gasteiger partial charge in [0.1, 0.15) is 5.69 Å². The highest BCUT2D eigenvalue weighted by molar-refractivity contribution is 7.89. The molecule has 1 N–H and O–H groups in total. The van der Waals surface area contributed by atoms with Gasteiger partial charge in [-0.1, -0.05) is 35.6 Å². The number of hydrogen-bond donors (Lipinski definition) is 1. The van der Waals surface area contributed by atoms with Crippen LogP contribution in [0.2, 0.25) is 0 Å². The van der Waals surface area contributed by atoms with Gasteiger partial charge in [0.2, 0.25) is 15.2 Å². The third-order valence-electron chi connectivity index (χ3n) is 4.44.